The molecule has 0 aliphatic heterocycles. The minimum Gasteiger partial charge on any atom is -0.245 e. The van der Waals surface area contributed by atoms with Crippen LogP contribution in [0, 0.1) is 12.3 Å². The second-order valence-electron chi connectivity index (χ2n) is 6.64. The Bertz CT molecular complexity index is 1430. The summed E-state index contributed by atoms with van der Waals surface area (Å²) in [5.74, 6) is 2.55. The maximum atomic E-state index is 13.4. The summed E-state index contributed by atoms with van der Waals surface area (Å²) < 4.78 is 64.3. The zero-order valence-electron chi connectivity index (χ0n) is 16.0. The Kier molecular flexibility index (Phi) is 5.37. The van der Waals surface area contributed by atoms with Gasteiger partial charge in [-0.05, 0) is 36.4 Å². The van der Waals surface area contributed by atoms with Gasteiger partial charge in [-0.15, -0.1) is 17.8 Å². The van der Waals surface area contributed by atoms with Gasteiger partial charge in [-0.25, -0.2) is 23.2 Å². The number of halogens is 3. The molecule has 6 nitrogen and oxygen atoms in total. The van der Waals surface area contributed by atoms with E-state index in [1.165, 1.54) is 35.6 Å². The van der Waals surface area contributed by atoms with Crippen LogP contribution in [0.15, 0.2) is 64.3 Å². The Morgan fingerprint density at radius 2 is 1.81 bits per heavy atom. The summed E-state index contributed by atoms with van der Waals surface area (Å²) in [5.41, 5.74) is 3.09. The Labute approximate surface area is 185 Å². The number of thiazole rings is 1. The van der Waals surface area contributed by atoms with Crippen molar-refractivity contribution < 1.29 is 21.6 Å². The highest BCUT2D eigenvalue weighted by Crippen LogP contribution is 2.35. The largest absolute Gasteiger partial charge is 0.435 e. The number of sulfonamides is 1. The van der Waals surface area contributed by atoms with Gasteiger partial charge in [-0.1, -0.05) is 18.1 Å². The van der Waals surface area contributed by atoms with Crippen molar-refractivity contribution in [3.63, 3.8) is 0 Å². The molecule has 11 heteroatoms. The van der Waals surface area contributed by atoms with E-state index in [0.29, 0.717) is 22.4 Å². The third-order valence-corrected chi connectivity index (χ3v) is 6.10. The van der Waals surface area contributed by atoms with Crippen molar-refractivity contribution in [2.24, 2.45) is 5.14 Å². The Hall–Kier alpha value is -3.46. The number of aromatic nitrogens is 3. The van der Waals surface area contributed by atoms with Crippen molar-refractivity contribution in [2.45, 2.75) is 11.1 Å². The second kappa shape index (κ2) is 7.90. The molecule has 0 fully saturated rings. The number of benzene rings is 2. The van der Waals surface area contributed by atoms with E-state index in [1.54, 1.807) is 23.7 Å². The molecule has 4 aromatic rings. The molecule has 0 unspecified atom stereocenters. The Morgan fingerprint density at radius 1 is 1.09 bits per heavy atom. The van der Waals surface area contributed by atoms with E-state index in [4.69, 9.17) is 11.6 Å². The number of nitrogens with zero attached hydrogens (tertiary/aromatic N) is 3. The maximum Gasteiger partial charge on any atom is 0.435 e. The molecule has 162 valence electrons. The molecule has 2 aromatic heterocycles. The Morgan fingerprint density at radius 3 is 2.38 bits per heavy atom. The highest BCUT2D eigenvalue weighted by atomic mass is 32.2. The lowest BCUT2D eigenvalue weighted by Gasteiger charge is -2.10. The van der Waals surface area contributed by atoms with E-state index in [0.717, 1.165) is 10.7 Å². The molecule has 0 saturated carbocycles. The molecule has 0 atom stereocenters. The molecule has 4 rings (SSSR count). The van der Waals surface area contributed by atoms with E-state index < -0.39 is 21.9 Å². The molecule has 0 spiro atoms. The van der Waals surface area contributed by atoms with Crippen LogP contribution in [-0.2, 0) is 16.2 Å². The quantitative estimate of drug-likeness (QED) is 0.446. The van der Waals surface area contributed by atoms with Crippen molar-refractivity contribution in [2.75, 3.05) is 0 Å². The highest BCUT2D eigenvalue weighted by Gasteiger charge is 2.35. The van der Waals surface area contributed by atoms with E-state index in [-0.39, 0.29) is 16.3 Å². The molecule has 0 bridgehead atoms. The molecule has 2 N–H and O–H groups in total. The minimum absolute atomic E-state index is 0.127. The fourth-order valence-corrected chi connectivity index (χ4v) is 4.16. The topological polar surface area (TPSA) is 90.9 Å². The van der Waals surface area contributed by atoms with Gasteiger partial charge in [0.25, 0.3) is 0 Å². The first-order valence-electron chi connectivity index (χ1n) is 8.88. The molecule has 0 radical (unpaired) electrons. The number of alkyl halides is 3. The number of primary sulfonamides is 1. The van der Waals surface area contributed by atoms with Gasteiger partial charge in [0.2, 0.25) is 10.0 Å². The fraction of sp³-hybridized carbons (Fsp3) is 0.0476. The average molecular weight is 474 g/mol. The van der Waals surface area contributed by atoms with Crippen molar-refractivity contribution in [1.82, 2.24) is 14.8 Å². The lowest BCUT2D eigenvalue weighted by molar-refractivity contribution is -0.141. The first-order chi connectivity index (χ1) is 15.1. The summed E-state index contributed by atoms with van der Waals surface area (Å²) in [6, 6.07) is 10.8. The lowest BCUT2D eigenvalue weighted by atomic mass is 10.0. The van der Waals surface area contributed by atoms with Gasteiger partial charge in [0.1, 0.15) is 0 Å². The summed E-state index contributed by atoms with van der Waals surface area (Å²) in [5, 5.41) is 10.6. The van der Waals surface area contributed by atoms with E-state index in [2.05, 4.69) is 16.0 Å². The predicted molar refractivity (Wildman–Crippen MR) is 114 cm³/mol. The normalized spacial score (nSPS) is 12.0. The predicted octanol–water partition coefficient (Wildman–Crippen LogP) is 4.31. The molecule has 2 aromatic carbocycles. The van der Waals surface area contributed by atoms with Gasteiger partial charge in [0.05, 0.1) is 27.5 Å². The van der Waals surface area contributed by atoms with Gasteiger partial charge < -0.3 is 0 Å². The number of nitrogens with two attached hydrogens (primary N) is 1. The lowest BCUT2D eigenvalue weighted by Crippen LogP contribution is -2.12. The van der Waals surface area contributed by atoms with Crippen molar-refractivity contribution in [3.8, 4) is 40.5 Å². The molecule has 0 aliphatic rings. The molecular weight excluding hydrogens is 461 g/mol. The van der Waals surface area contributed by atoms with Gasteiger partial charge >= 0.3 is 6.18 Å². The fourth-order valence-electron chi connectivity index (χ4n) is 3.09. The molecule has 0 saturated heterocycles. The number of rotatable bonds is 4. The number of terminal acetylenes is 1. The standard InChI is InChI=1S/C21H13F3N4O2S2/c1-2-13-9-14(3-8-17(13)18-11-31-12-26-18)19-10-20(21(22,23)24)27-28(19)15-4-6-16(7-5-15)32(25,29)30/h1,3-12H,(H2,25,29,30). The molecule has 0 aliphatic carbocycles. The minimum atomic E-state index is -4.68. The Balaban J connectivity index is 1.88. The molecule has 32 heavy (non-hydrogen) atoms. The van der Waals surface area contributed by atoms with Crippen LogP contribution in [0.5, 0.6) is 0 Å². The van der Waals surface area contributed by atoms with Crippen molar-refractivity contribution >= 4 is 21.4 Å². The average Bonchev–Trinajstić information content (AvgIpc) is 3.43. The monoisotopic (exact) mass is 474 g/mol. The maximum absolute atomic E-state index is 13.4. The number of hydrogen-bond acceptors (Lipinski definition) is 5. The molecule has 2 heterocycles. The van der Waals surface area contributed by atoms with Crippen LogP contribution in [-0.4, -0.2) is 23.2 Å². The highest BCUT2D eigenvalue weighted by molar-refractivity contribution is 7.89. The van der Waals surface area contributed by atoms with Crippen molar-refractivity contribution in [3.05, 3.63) is 70.7 Å². The van der Waals surface area contributed by atoms with Crippen LogP contribution in [0.2, 0.25) is 0 Å². The SMILES string of the molecule is C#Cc1cc(-c2cc(C(F)(F)F)nn2-c2ccc(S(N)(=O)=O)cc2)ccc1-c1cscn1. The van der Waals surface area contributed by atoms with E-state index >= 15 is 0 Å². The second-order valence-corrected chi connectivity index (χ2v) is 8.92. The first-order valence-corrected chi connectivity index (χ1v) is 11.4. The first kappa shape index (κ1) is 21.8. The summed E-state index contributed by atoms with van der Waals surface area (Å²) in [4.78, 5) is 4.05. The van der Waals surface area contributed by atoms with Gasteiger partial charge in [0, 0.05) is 22.1 Å². The third-order valence-electron chi connectivity index (χ3n) is 4.59. The van der Waals surface area contributed by atoms with Crippen molar-refractivity contribution in [1.29, 1.82) is 0 Å². The van der Waals surface area contributed by atoms with E-state index in [9.17, 15) is 21.6 Å². The zero-order valence-corrected chi connectivity index (χ0v) is 17.7. The summed E-state index contributed by atoms with van der Waals surface area (Å²) in [7, 11) is -3.95. The smallest absolute Gasteiger partial charge is 0.245 e. The van der Waals surface area contributed by atoms with Crippen LogP contribution >= 0.6 is 11.3 Å². The van der Waals surface area contributed by atoms with Crippen LogP contribution in [0.3, 0.4) is 0 Å². The zero-order chi connectivity index (χ0) is 23.1. The van der Waals surface area contributed by atoms with Gasteiger partial charge in [-0.3, -0.25) is 0 Å². The van der Waals surface area contributed by atoms with Crippen LogP contribution in [0.4, 0.5) is 13.2 Å². The van der Waals surface area contributed by atoms with Gasteiger partial charge in [-0.2, -0.15) is 18.3 Å². The summed E-state index contributed by atoms with van der Waals surface area (Å²) in [6.45, 7) is 0. The summed E-state index contributed by atoms with van der Waals surface area (Å²) in [6.07, 6.45) is 0.955. The van der Waals surface area contributed by atoms with E-state index in [1.807, 2.05) is 5.38 Å². The van der Waals surface area contributed by atoms with Crippen LogP contribution in [0.25, 0.3) is 28.2 Å². The number of hydrogen-bond donors (Lipinski definition) is 1. The van der Waals surface area contributed by atoms with Crippen LogP contribution in [0.1, 0.15) is 11.3 Å². The molecular formula is C21H13F3N4O2S2. The summed E-state index contributed by atoms with van der Waals surface area (Å²) >= 11 is 1.39. The third kappa shape index (κ3) is 4.16. The molecule has 0 amide bonds. The van der Waals surface area contributed by atoms with Crippen LogP contribution < -0.4 is 5.14 Å². The van der Waals surface area contributed by atoms with Gasteiger partial charge in [0.15, 0.2) is 5.69 Å².